The van der Waals surface area contributed by atoms with Crippen molar-refractivity contribution in [3.05, 3.63) is 16.4 Å². The summed E-state index contributed by atoms with van der Waals surface area (Å²) in [6.07, 6.45) is 0.607. The van der Waals surface area contributed by atoms with Crippen molar-refractivity contribution in [3.8, 4) is 0 Å². The lowest BCUT2D eigenvalue weighted by molar-refractivity contribution is -0.137. The van der Waals surface area contributed by atoms with Gasteiger partial charge in [-0.2, -0.15) is 5.10 Å². The molecule has 0 saturated carbocycles. The number of halogens is 1. The fraction of sp³-hybridized carbons (Fsp3) is 0.583. The molecule has 0 fully saturated rings. The highest BCUT2D eigenvalue weighted by molar-refractivity contribution is 9.10. The van der Waals surface area contributed by atoms with Gasteiger partial charge in [0.15, 0.2) is 0 Å². The Kier molecular flexibility index (Phi) is 5.15. The van der Waals surface area contributed by atoms with Crippen LogP contribution in [0.1, 0.15) is 38.9 Å². The molecule has 0 aliphatic heterocycles. The molecule has 0 spiro atoms. The number of rotatable bonds is 4. The number of carbonyl (C=O) groups excluding carboxylic acids is 1. The van der Waals surface area contributed by atoms with Gasteiger partial charge in [-0.15, -0.1) is 0 Å². The lowest BCUT2D eigenvalue weighted by Gasteiger charge is -2.23. The van der Waals surface area contributed by atoms with E-state index in [9.17, 15) is 9.59 Å². The Morgan fingerprint density at radius 3 is 2.55 bits per heavy atom. The van der Waals surface area contributed by atoms with E-state index < -0.39 is 23.7 Å². The zero-order chi connectivity index (χ0) is 15.5. The number of carboxylic acid groups (broad SMARTS) is 1. The molecule has 7 nitrogen and oxygen atoms in total. The molecule has 112 valence electrons. The van der Waals surface area contributed by atoms with Crippen molar-refractivity contribution in [2.75, 3.05) is 0 Å². The third-order valence-electron chi connectivity index (χ3n) is 2.34. The Morgan fingerprint density at radius 1 is 1.55 bits per heavy atom. The lowest BCUT2D eigenvalue weighted by atomic mass is 10.1. The minimum absolute atomic E-state index is 0.266. The Bertz CT molecular complexity index is 488. The van der Waals surface area contributed by atoms with Gasteiger partial charge in [-0.25, -0.2) is 4.79 Å². The number of carbonyl (C=O) groups is 2. The van der Waals surface area contributed by atoms with Crippen molar-refractivity contribution in [2.24, 2.45) is 7.05 Å². The molecule has 0 saturated heterocycles. The highest BCUT2D eigenvalue weighted by atomic mass is 79.9. The first-order chi connectivity index (χ1) is 9.10. The second-order valence-corrected chi connectivity index (χ2v) is 6.15. The lowest BCUT2D eigenvalue weighted by Crippen LogP contribution is -2.36. The largest absolute Gasteiger partial charge is 0.481 e. The van der Waals surface area contributed by atoms with Gasteiger partial charge in [0.2, 0.25) is 0 Å². The van der Waals surface area contributed by atoms with Crippen molar-refractivity contribution in [3.63, 3.8) is 0 Å². The molecule has 2 N–H and O–H groups in total. The van der Waals surface area contributed by atoms with Crippen molar-refractivity contribution >= 4 is 28.0 Å². The van der Waals surface area contributed by atoms with Crippen molar-refractivity contribution in [2.45, 2.75) is 38.8 Å². The van der Waals surface area contributed by atoms with Crippen LogP contribution in [0.2, 0.25) is 0 Å². The molecular formula is C12H18BrN3O4. The van der Waals surface area contributed by atoms with E-state index in [0.29, 0.717) is 10.2 Å². The summed E-state index contributed by atoms with van der Waals surface area (Å²) >= 11 is 3.29. The third-order valence-corrected chi connectivity index (χ3v) is 2.95. The summed E-state index contributed by atoms with van der Waals surface area (Å²) in [5.41, 5.74) is -0.0834. The van der Waals surface area contributed by atoms with Crippen LogP contribution in [-0.2, 0) is 16.6 Å². The molecule has 0 aliphatic carbocycles. The summed E-state index contributed by atoms with van der Waals surface area (Å²) in [5.74, 6) is -1.03. The molecule has 1 aromatic heterocycles. The van der Waals surface area contributed by atoms with Gasteiger partial charge in [0.1, 0.15) is 5.60 Å². The summed E-state index contributed by atoms with van der Waals surface area (Å²) in [4.78, 5) is 22.8. The van der Waals surface area contributed by atoms with E-state index in [1.54, 1.807) is 34.0 Å². The Morgan fingerprint density at radius 2 is 2.15 bits per heavy atom. The van der Waals surface area contributed by atoms with Gasteiger partial charge in [-0.3, -0.25) is 9.48 Å². The monoisotopic (exact) mass is 347 g/mol. The van der Waals surface area contributed by atoms with Crippen LogP contribution in [0.4, 0.5) is 4.79 Å². The molecule has 1 heterocycles. The van der Waals surface area contributed by atoms with E-state index in [1.165, 1.54) is 4.68 Å². The Labute approximate surface area is 125 Å². The zero-order valence-corrected chi connectivity index (χ0v) is 13.4. The molecule has 1 amide bonds. The molecule has 1 unspecified atom stereocenters. The first kappa shape index (κ1) is 16.5. The maximum absolute atomic E-state index is 11.8. The van der Waals surface area contributed by atoms with Gasteiger partial charge < -0.3 is 15.2 Å². The standard InChI is InChI=1S/C12H18BrN3O4/c1-12(2,3)20-11(19)15-8(5-9(17)18)10-7(13)6-14-16(10)4/h6,8H,5H2,1-4H3,(H,15,19)(H,17,18). The molecule has 1 aromatic rings. The highest BCUT2D eigenvalue weighted by Crippen LogP contribution is 2.25. The van der Waals surface area contributed by atoms with Crippen LogP contribution in [-0.4, -0.2) is 32.6 Å². The molecule has 0 aliphatic rings. The fourth-order valence-electron chi connectivity index (χ4n) is 1.65. The highest BCUT2D eigenvalue weighted by Gasteiger charge is 2.26. The first-order valence-electron chi connectivity index (χ1n) is 5.99. The summed E-state index contributed by atoms with van der Waals surface area (Å²) in [5, 5.41) is 15.5. The topological polar surface area (TPSA) is 93.5 Å². The number of hydrogen-bond acceptors (Lipinski definition) is 4. The number of aryl methyl sites for hydroxylation is 1. The summed E-state index contributed by atoms with van der Waals surface area (Å²) in [6.45, 7) is 5.20. The zero-order valence-electron chi connectivity index (χ0n) is 11.8. The molecule has 20 heavy (non-hydrogen) atoms. The Balaban J connectivity index is 2.91. The van der Waals surface area contributed by atoms with Crippen molar-refractivity contribution in [1.82, 2.24) is 15.1 Å². The number of nitrogens with one attached hydrogen (secondary N) is 1. The molecule has 1 rings (SSSR count). The predicted octanol–water partition coefficient (Wildman–Crippen LogP) is 2.22. The molecule has 1 atom stereocenters. The van der Waals surface area contributed by atoms with Gasteiger partial charge in [0.05, 0.1) is 28.8 Å². The van der Waals surface area contributed by atoms with Gasteiger partial charge >= 0.3 is 12.1 Å². The normalized spacial score (nSPS) is 12.8. The van der Waals surface area contributed by atoms with E-state index in [0.717, 1.165) is 0 Å². The molecule has 0 radical (unpaired) electrons. The smallest absolute Gasteiger partial charge is 0.408 e. The quantitative estimate of drug-likeness (QED) is 0.870. The minimum Gasteiger partial charge on any atom is -0.481 e. The van der Waals surface area contributed by atoms with Crippen LogP contribution >= 0.6 is 15.9 Å². The van der Waals surface area contributed by atoms with Crippen LogP contribution in [0.15, 0.2) is 10.7 Å². The number of aromatic nitrogens is 2. The molecule has 8 heteroatoms. The van der Waals surface area contributed by atoms with Crippen LogP contribution in [0, 0.1) is 0 Å². The maximum Gasteiger partial charge on any atom is 0.408 e. The van der Waals surface area contributed by atoms with E-state index >= 15 is 0 Å². The van der Waals surface area contributed by atoms with E-state index in [2.05, 4.69) is 26.3 Å². The average molecular weight is 348 g/mol. The van der Waals surface area contributed by atoms with Gasteiger partial charge in [0, 0.05) is 7.05 Å². The number of alkyl carbamates (subject to hydrolysis) is 1. The van der Waals surface area contributed by atoms with E-state index in [4.69, 9.17) is 9.84 Å². The second kappa shape index (κ2) is 6.25. The van der Waals surface area contributed by atoms with E-state index in [-0.39, 0.29) is 6.42 Å². The third kappa shape index (κ3) is 4.84. The second-order valence-electron chi connectivity index (χ2n) is 5.30. The number of hydrogen-bond donors (Lipinski definition) is 2. The van der Waals surface area contributed by atoms with Crippen LogP contribution in [0.5, 0.6) is 0 Å². The van der Waals surface area contributed by atoms with Crippen LogP contribution < -0.4 is 5.32 Å². The molecule has 0 bridgehead atoms. The summed E-state index contributed by atoms with van der Waals surface area (Å²) < 4.78 is 7.28. The molecular weight excluding hydrogens is 330 g/mol. The van der Waals surface area contributed by atoms with Gasteiger partial charge in [-0.1, -0.05) is 0 Å². The SMILES string of the molecule is Cn1ncc(Br)c1C(CC(=O)O)NC(=O)OC(C)(C)C. The van der Waals surface area contributed by atoms with E-state index in [1.807, 2.05) is 0 Å². The number of ether oxygens (including phenoxy) is 1. The van der Waals surface area contributed by atoms with Crippen molar-refractivity contribution in [1.29, 1.82) is 0 Å². The van der Waals surface area contributed by atoms with Crippen LogP contribution in [0.25, 0.3) is 0 Å². The van der Waals surface area contributed by atoms with Gasteiger partial charge in [-0.05, 0) is 36.7 Å². The number of amides is 1. The minimum atomic E-state index is -1.03. The average Bonchev–Trinajstić information content (AvgIpc) is 2.53. The number of aliphatic carboxylic acids is 1. The fourth-order valence-corrected chi connectivity index (χ4v) is 2.28. The first-order valence-corrected chi connectivity index (χ1v) is 6.78. The van der Waals surface area contributed by atoms with Crippen molar-refractivity contribution < 1.29 is 19.4 Å². The molecule has 0 aromatic carbocycles. The summed E-state index contributed by atoms with van der Waals surface area (Å²) in [7, 11) is 1.67. The number of carboxylic acids is 1. The summed E-state index contributed by atoms with van der Waals surface area (Å²) in [6, 6.07) is -0.732. The van der Waals surface area contributed by atoms with Gasteiger partial charge in [0.25, 0.3) is 0 Å². The Hall–Kier alpha value is -1.57. The van der Waals surface area contributed by atoms with Crippen LogP contribution in [0.3, 0.4) is 0 Å². The predicted molar refractivity (Wildman–Crippen MR) is 75.3 cm³/mol. The number of nitrogens with zero attached hydrogens (tertiary/aromatic N) is 2. The maximum atomic E-state index is 11.8.